The van der Waals surface area contributed by atoms with Crippen molar-refractivity contribution in [1.82, 2.24) is 4.98 Å². The van der Waals surface area contributed by atoms with Crippen molar-refractivity contribution in [3.05, 3.63) is 16.2 Å². The molecular formula is C14H22BrN3. The summed E-state index contributed by atoms with van der Waals surface area (Å²) in [5.41, 5.74) is 8.07. The first-order chi connectivity index (χ1) is 8.39. The molecule has 100 valence electrons. The third-order valence-electron chi connectivity index (χ3n) is 3.85. The number of aromatic nitrogens is 1. The van der Waals surface area contributed by atoms with Gasteiger partial charge < -0.3 is 11.1 Å². The summed E-state index contributed by atoms with van der Waals surface area (Å²) in [5, 5.41) is 3.56. The van der Waals surface area contributed by atoms with E-state index in [1.165, 1.54) is 25.7 Å². The molecule has 1 unspecified atom stereocenters. The third-order valence-corrected chi connectivity index (χ3v) is 4.82. The highest BCUT2D eigenvalue weighted by atomic mass is 79.9. The van der Waals surface area contributed by atoms with E-state index >= 15 is 0 Å². The number of anilines is 2. The normalized spacial score (nSPS) is 22.8. The third kappa shape index (κ3) is 2.97. The molecule has 0 spiro atoms. The summed E-state index contributed by atoms with van der Waals surface area (Å²) in [4.78, 5) is 4.40. The number of nitrogens with two attached hydrogens (primary N) is 1. The molecule has 1 aliphatic carbocycles. The van der Waals surface area contributed by atoms with E-state index in [1.807, 2.05) is 6.92 Å². The van der Waals surface area contributed by atoms with Crippen LogP contribution >= 0.6 is 15.9 Å². The van der Waals surface area contributed by atoms with Crippen molar-refractivity contribution in [3.63, 3.8) is 0 Å². The summed E-state index contributed by atoms with van der Waals surface area (Å²) in [7, 11) is 0. The molecule has 0 amide bonds. The van der Waals surface area contributed by atoms with Crippen LogP contribution in [0.25, 0.3) is 0 Å². The molecule has 0 saturated heterocycles. The molecule has 0 bridgehead atoms. The predicted octanol–water partition coefficient (Wildman–Crippen LogP) is 4.12. The van der Waals surface area contributed by atoms with Gasteiger partial charge in [0.1, 0.15) is 5.82 Å². The molecule has 4 heteroatoms. The lowest BCUT2D eigenvalue weighted by atomic mass is 9.75. The second-order valence-corrected chi connectivity index (χ2v) is 6.90. The van der Waals surface area contributed by atoms with Crippen molar-refractivity contribution in [2.45, 2.75) is 52.5 Å². The standard InChI is InChI=1S/C14H22BrN3/c1-9-11(16)8-17-13(12(9)15)18-10-5-4-6-14(2,3)7-10/h8,10H,4-7,16H2,1-3H3,(H,17,18). The maximum atomic E-state index is 5.85. The van der Waals surface area contributed by atoms with Crippen LogP contribution in [0.4, 0.5) is 11.5 Å². The van der Waals surface area contributed by atoms with Gasteiger partial charge in [-0.05, 0) is 53.1 Å². The van der Waals surface area contributed by atoms with Crippen LogP contribution < -0.4 is 11.1 Å². The summed E-state index contributed by atoms with van der Waals surface area (Å²) in [6.07, 6.45) is 6.76. The highest BCUT2D eigenvalue weighted by molar-refractivity contribution is 9.10. The van der Waals surface area contributed by atoms with Crippen LogP contribution in [0.5, 0.6) is 0 Å². The topological polar surface area (TPSA) is 50.9 Å². The molecule has 0 radical (unpaired) electrons. The number of nitrogen functional groups attached to an aromatic ring is 1. The lowest BCUT2D eigenvalue weighted by molar-refractivity contribution is 0.229. The predicted molar refractivity (Wildman–Crippen MR) is 80.7 cm³/mol. The average Bonchev–Trinajstić information content (AvgIpc) is 2.29. The summed E-state index contributed by atoms with van der Waals surface area (Å²) in [6, 6.07) is 0.514. The fourth-order valence-corrected chi connectivity index (χ4v) is 3.15. The molecule has 1 fully saturated rings. The van der Waals surface area contributed by atoms with Gasteiger partial charge in [-0.1, -0.05) is 20.3 Å². The first-order valence-corrected chi connectivity index (χ1v) is 7.35. The Morgan fingerprint density at radius 1 is 1.50 bits per heavy atom. The van der Waals surface area contributed by atoms with Gasteiger partial charge in [0.05, 0.1) is 16.4 Å². The maximum absolute atomic E-state index is 5.85. The molecule has 2 rings (SSSR count). The highest BCUT2D eigenvalue weighted by Crippen LogP contribution is 2.37. The fraction of sp³-hybridized carbons (Fsp3) is 0.643. The zero-order chi connectivity index (χ0) is 13.3. The molecule has 1 aliphatic rings. The van der Waals surface area contributed by atoms with Gasteiger partial charge in [-0.2, -0.15) is 0 Å². The molecule has 0 aliphatic heterocycles. The Kier molecular flexibility index (Phi) is 3.85. The minimum atomic E-state index is 0.436. The van der Waals surface area contributed by atoms with E-state index in [1.54, 1.807) is 6.20 Å². The quantitative estimate of drug-likeness (QED) is 0.864. The number of nitrogens with zero attached hydrogens (tertiary/aromatic N) is 1. The van der Waals surface area contributed by atoms with Gasteiger partial charge in [0, 0.05) is 6.04 Å². The summed E-state index contributed by atoms with van der Waals surface area (Å²) in [6.45, 7) is 6.70. The Balaban J connectivity index is 2.12. The van der Waals surface area contributed by atoms with E-state index in [4.69, 9.17) is 5.73 Å². The maximum Gasteiger partial charge on any atom is 0.140 e. The van der Waals surface area contributed by atoms with Crippen LogP contribution in [0.1, 0.15) is 45.1 Å². The van der Waals surface area contributed by atoms with Crippen molar-refractivity contribution in [3.8, 4) is 0 Å². The number of nitrogens with one attached hydrogen (secondary N) is 1. The van der Waals surface area contributed by atoms with Gasteiger partial charge in [-0.15, -0.1) is 0 Å². The van der Waals surface area contributed by atoms with E-state index in [0.29, 0.717) is 11.5 Å². The van der Waals surface area contributed by atoms with Gasteiger partial charge in [0.15, 0.2) is 0 Å². The zero-order valence-electron chi connectivity index (χ0n) is 11.4. The van der Waals surface area contributed by atoms with Gasteiger partial charge in [-0.3, -0.25) is 0 Å². The number of rotatable bonds is 2. The van der Waals surface area contributed by atoms with Crippen LogP contribution in [-0.4, -0.2) is 11.0 Å². The summed E-state index contributed by atoms with van der Waals surface area (Å²) >= 11 is 3.58. The molecular weight excluding hydrogens is 290 g/mol. The van der Waals surface area contributed by atoms with Crippen LogP contribution in [0.15, 0.2) is 10.7 Å². The second-order valence-electron chi connectivity index (χ2n) is 6.10. The lowest BCUT2D eigenvalue weighted by Crippen LogP contribution is -2.32. The Morgan fingerprint density at radius 3 is 2.89 bits per heavy atom. The van der Waals surface area contributed by atoms with Gasteiger partial charge in [0.25, 0.3) is 0 Å². The van der Waals surface area contributed by atoms with Crippen molar-refractivity contribution in [2.75, 3.05) is 11.1 Å². The smallest absolute Gasteiger partial charge is 0.140 e. The molecule has 18 heavy (non-hydrogen) atoms. The van der Waals surface area contributed by atoms with E-state index < -0.39 is 0 Å². The SMILES string of the molecule is Cc1c(N)cnc(NC2CCCC(C)(C)C2)c1Br. The van der Waals surface area contributed by atoms with Crippen LogP contribution in [0.2, 0.25) is 0 Å². The highest BCUT2D eigenvalue weighted by Gasteiger charge is 2.28. The van der Waals surface area contributed by atoms with E-state index in [2.05, 4.69) is 40.1 Å². The number of hydrogen-bond acceptors (Lipinski definition) is 3. The van der Waals surface area contributed by atoms with Gasteiger partial charge >= 0.3 is 0 Å². The molecule has 1 atom stereocenters. The summed E-state index contributed by atoms with van der Waals surface area (Å²) in [5.74, 6) is 0.921. The monoisotopic (exact) mass is 311 g/mol. The first kappa shape index (κ1) is 13.7. The molecule has 3 nitrogen and oxygen atoms in total. The zero-order valence-corrected chi connectivity index (χ0v) is 13.0. The number of hydrogen-bond donors (Lipinski definition) is 2. The fourth-order valence-electron chi connectivity index (χ4n) is 2.71. The van der Waals surface area contributed by atoms with E-state index in [-0.39, 0.29) is 0 Å². The lowest BCUT2D eigenvalue weighted by Gasteiger charge is -2.36. The average molecular weight is 312 g/mol. The molecule has 1 aromatic heterocycles. The molecule has 3 N–H and O–H groups in total. The Bertz CT molecular complexity index is 443. The van der Waals surface area contributed by atoms with Crippen molar-refractivity contribution in [1.29, 1.82) is 0 Å². The minimum absolute atomic E-state index is 0.436. The van der Waals surface area contributed by atoms with E-state index in [0.717, 1.165) is 21.5 Å². The van der Waals surface area contributed by atoms with Crippen LogP contribution in [-0.2, 0) is 0 Å². The molecule has 1 aromatic rings. The van der Waals surface area contributed by atoms with Crippen LogP contribution in [0, 0.1) is 12.3 Å². The van der Waals surface area contributed by atoms with Crippen LogP contribution in [0.3, 0.4) is 0 Å². The van der Waals surface area contributed by atoms with Crippen molar-refractivity contribution < 1.29 is 0 Å². The second kappa shape index (κ2) is 5.08. The number of pyridine rings is 1. The Hall–Kier alpha value is -0.770. The molecule has 1 heterocycles. The molecule has 1 saturated carbocycles. The first-order valence-electron chi connectivity index (χ1n) is 6.56. The van der Waals surface area contributed by atoms with E-state index in [9.17, 15) is 0 Å². The largest absolute Gasteiger partial charge is 0.397 e. The minimum Gasteiger partial charge on any atom is -0.397 e. The number of halogens is 1. The van der Waals surface area contributed by atoms with Crippen molar-refractivity contribution >= 4 is 27.4 Å². The van der Waals surface area contributed by atoms with Gasteiger partial charge in [0.2, 0.25) is 0 Å². The summed E-state index contributed by atoms with van der Waals surface area (Å²) < 4.78 is 0.992. The molecule has 0 aromatic carbocycles. The Morgan fingerprint density at radius 2 is 2.22 bits per heavy atom. The Labute approximate surface area is 118 Å². The van der Waals surface area contributed by atoms with Gasteiger partial charge in [-0.25, -0.2) is 4.98 Å². The van der Waals surface area contributed by atoms with Crippen molar-refractivity contribution in [2.24, 2.45) is 5.41 Å².